The van der Waals surface area contributed by atoms with Crippen LogP contribution in [0, 0.1) is 0 Å². The van der Waals surface area contributed by atoms with Crippen molar-refractivity contribution < 1.29 is 19.1 Å². The van der Waals surface area contributed by atoms with E-state index in [-0.39, 0.29) is 17.8 Å². The Bertz CT molecular complexity index is 596. The van der Waals surface area contributed by atoms with Crippen LogP contribution in [0.3, 0.4) is 0 Å². The van der Waals surface area contributed by atoms with Crippen molar-refractivity contribution in [2.24, 2.45) is 0 Å². The first-order valence-corrected chi connectivity index (χ1v) is 19.2. The molecule has 0 saturated carbocycles. The highest BCUT2D eigenvalue weighted by Gasteiger charge is 2.15. The van der Waals surface area contributed by atoms with Gasteiger partial charge in [-0.05, 0) is 52.9 Å². The van der Waals surface area contributed by atoms with Crippen molar-refractivity contribution in [1.82, 2.24) is 10.4 Å². The molecule has 264 valence electrons. The van der Waals surface area contributed by atoms with Gasteiger partial charge in [-0.25, -0.2) is 4.79 Å². The maximum atomic E-state index is 12.6. The highest BCUT2D eigenvalue weighted by atomic mass is 16.7. The minimum absolute atomic E-state index is 0.0361. The molecular formula is C38H78N2O4. The summed E-state index contributed by atoms with van der Waals surface area (Å²) in [5, 5.41) is 4.63. The number of unbranched alkanes of at least 4 members (excludes halogenated alkanes) is 21. The third-order valence-electron chi connectivity index (χ3n) is 8.36. The van der Waals surface area contributed by atoms with Crippen LogP contribution in [0.25, 0.3) is 0 Å². The monoisotopic (exact) mass is 627 g/mol. The van der Waals surface area contributed by atoms with E-state index in [0.717, 1.165) is 32.1 Å². The molecule has 44 heavy (non-hydrogen) atoms. The zero-order valence-electron chi connectivity index (χ0n) is 30.7. The van der Waals surface area contributed by atoms with Gasteiger partial charge in [0.2, 0.25) is 0 Å². The normalized spacial score (nSPS) is 12.6. The Labute approximate surface area is 275 Å². The van der Waals surface area contributed by atoms with Crippen LogP contribution in [0.4, 0.5) is 4.79 Å². The quantitative estimate of drug-likeness (QED) is 0.0446. The number of ether oxygens (including phenoxy) is 2. The van der Waals surface area contributed by atoms with Crippen molar-refractivity contribution in [2.75, 3.05) is 26.9 Å². The van der Waals surface area contributed by atoms with E-state index in [1.54, 1.807) is 5.06 Å². The molecule has 0 fully saturated rings. The summed E-state index contributed by atoms with van der Waals surface area (Å²) in [5.41, 5.74) is -0.194. The van der Waals surface area contributed by atoms with Crippen molar-refractivity contribution in [3.63, 3.8) is 0 Å². The number of hydrogen-bond donors (Lipinski definition) is 1. The molecule has 0 aromatic heterocycles. The molecule has 0 aliphatic carbocycles. The molecule has 0 rings (SSSR count). The first kappa shape index (κ1) is 43.1. The minimum Gasteiger partial charge on any atom is -0.446 e. The van der Waals surface area contributed by atoms with Crippen LogP contribution in [-0.4, -0.2) is 49.8 Å². The van der Waals surface area contributed by atoms with Crippen LogP contribution >= 0.6 is 0 Å². The SMILES string of the molecule is CCCCCCCCCCCCCCCCCC(CCCCCCCCCC)OC(=O)NCCCON(C)COC(C)(C)C. The highest BCUT2D eigenvalue weighted by Crippen LogP contribution is 2.18. The average Bonchev–Trinajstić information content (AvgIpc) is 2.98. The van der Waals surface area contributed by atoms with Crippen molar-refractivity contribution in [1.29, 1.82) is 0 Å². The molecule has 6 heteroatoms. The van der Waals surface area contributed by atoms with E-state index < -0.39 is 0 Å². The minimum atomic E-state index is -0.278. The number of nitrogens with zero attached hydrogens (tertiary/aromatic N) is 1. The standard InChI is InChI=1S/C38H78N2O4/c1-7-9-11-13-15-17-18-19-20-21-22-23-25-27-29-32-36(31-28-26-24-16-14-12-10-8-2)44-37(41)39-33-30-34-43-40(6)35-42-38(3,4)5/h36H,7-35H2,1-6H3,(H,39,41). The molecule has 0 heterocycles. The van der Waals surface area contributed by atoms with Crippen LogP contribution < -0.4 is 5.32 Å². The highest BCUT2D eigenvalue weighted by molar-refractivity contribution is 5.67. The van der Waals surface area contributed by atoms with Crippen molar-refractivity contribution in [3.8, 4) is 0 Å². The Kier molecular flexibility index (Phi) is 31.5. The summed E-state index contributed by atoms with van der Waals surface area (Å²) in [5.74, 6) is 0. The summed E-state index contributed by atoms with van der Waals surface area (Å²) in [6.07, 6.45) is 33.5. The second-order valence-corrected chi connectivity index (χ2v) is 14.2. The van der Waals surface area contributed by atoms with E-state index >= 15 is 0 Å². The van der Waals surface area contributed by atoms with E-state index in [4.69, 9.17) is 14.3 Å². The molecule has 0 aliphatic rings. The van der Waals surface area contributed by atoms with E-state index in [1.807, 2.05) is 27.8 Å². The predicted molar refractivity (Wildman–Crippen MR) is 189 cm³/mol. The van der Waals surface area contributed by atoms with Crippen molar-refractivity contribution >= 4 is 6.09 Å². The van der Waals surface area contributed by atoms with Gasteiger partial charge in [-0.15, -0.1) is 0 Å². The lowest BCUT2D eigenvalue weighted by Crippen LogP contribution is -2.32. The number of carbonyl (C=O) groups is 1. The lowest BCUT2D eigenvalue weighted by atomic mass is 10.0. The van der Waals surface area contributed by atoms with E-state index in [2.05, 4.69) is 19.2 Å². The fraction of sp³-hybridized carbons (Fsp3) is 0.974. The Morgan fingerprint density at radius 1 is 0.614 bits per heavy atom. The number of nitrogens with one attached hydrogen (secondary N) is 1. The van der Waals surface area contributed by atoms with Crippen molar-refractivity contribution in [2.45, 2.75) is 213 Å². The summed E-state index contributed by atoms with van der Waals surface area (Å²) in [7, 11) is 1.86. The molecule has 1 N–H and O–H groups in total. The van der Waals surface area contributed by atoms with Gasteiger partial charge in [0, 0.05) is 13.6 Å². The number of alkyl carbamates (subject to hydrolysis) is 1. The van der Waals surface area contributed by atoms with Gasteiger partial charge in [-0.2, -0.15) is 5.06 Å². The van der Waals surface area contributed by atoms with E-state index in [9.17, 15) is 4.79 Å². The molecule has 0 aromatic carbocycles. The third-order valence-corrected chi connectivity index (χ3v) is 8.36. The fourth-order valence-electron chi connectivity index (χ4n) is 5.51. The van der Waals surface area contributed by atoms with Crippen LogP contribution in [0.5, 0.6) is 0 Å². The van der Waals surface area contributed by atoms with Crippen molar-refractivity contribution in [3.05, 3.63) is 0 Å². The lowest BCUT2D eigenvalue weighted by molar-refractivity contribution is -0.213. The van der Waals surface area contributed by atoms with Gasteiger partial charge in [-0.1, -0.05) is 149 Å². The summed E-state index contributed by atoms with van der Waals surface area (Å²) in [4.78, 5) is 18.2. The van der Waals surface area contributed by atoms with Crippen LogP contribution in [0.1, 0.15) is 202 Å². The van der Waals surface area contributed by atoms with Gasteiger partial charge < -0.3 is 14.8 Å². The third kappa shape index (κ3) is 34.0. The Balaban J connectivity index is 4.09. The molecule has 0 aromatic rings. The molecule has 0 radical (unpaired) electrons. The fourth-order valence-corrected chi connectivity index (χ4v) is 5.51. The number of amides is 1. The zero-order chi connectivity index (χ0) is 32.6. The first-order valence-electron chi connectivity index (χ1n) is 19.2. The molecule has 1 amide bonds. The number of rotatable bonds is 33. The molecule has 1 unspecified atom stereocenters. The molecular weight excluding hydrogens is 548 g/mol. The van der Waals surface area contributed by atoms with Gasteiger partial charge in [0.05, 0.1) is 12.2 Å². The number of hydroxylamine groups is 2. The molecule has 0 saturated heterocycles. The van der Waals surface area contributed by atoms with Crippen LogP contribution in [0.2, 0.25) is 0 Å². The van der Waals surface area contributed by atoms with E-state index in [1.165, 1.54) is 135 Å². The molecule has 0 spiro atoms. The van der Waals surface area contributed by atoms with Gasteiger partial charge in [0.15, 0.2) is 0 Å². The molecule has 0 aliphatic heterocycles. The number of carbonyl (C=O) groups excluding carboxylic acids is 1. The second kappa shape index (κ2) is 32.1. The van der Waals surface area contributed by atoms with E-state index in [0.29, 0.717) is 19.9 Å². The predicted octanol–water partition coefficient (Wildman–Crippen LogP) is 11.9. The zero-order valence-corrected chi connectivity index (χ0v) is 30.7. The molecule has 0 bridgehead atoms. The lowest BCUT2D eigenvalue weighted by Gasteiger charge is -2.24. The maximum Gasteiger partial charge on any atom is 0.407 e. The van der Waals surface area contributed by atoms with Gasteiger partial charge in [0.1, 0.15) is 12.8 Å². The summed E-state index contributed by atoms with van der Waals surface area (Å²) in [6, 6.07) is 0. The Morgan fingerprint density at radius 2 is 1.00 bits per heavy atom. The number of hydrogen-bond acceptors (Lipinski definition) is 5. The van der Waals surface area contributed by atoms with Crippen LogP contribution in [-0.2, 0) is 14.3 Å². The average molecular weight is 627 g/mol. The molecule has 1 atom stereocenters. The summed E-state index contributed by atoms with van der Waals surface area (Å²) in [6.45, 7) is 12.1. The van der Waals surface area contributed by atoms with Gasteiger partial charge in [-0.3, -0.25) is 4.84 Å². The Hall–Kier alpha value is -0.850. The van der Waals surface area contributed by atoms with Crippen LogP contribution in [0.15, 0.2) is 0 Å². The Morgan fingerprint density at radius 3 is 1.39 bits per heavy atom. The topological polar surface area (TPSA) is 60.0 Å². The summed E-state index contributed by atoms with van der Waals surface area (Å²) < 4.78 is 11.6. The smallest absolute Gasteiger partial charge is 0.407 e. The second-order valence-electron chi connectivity index (χ2n) is 14.2. The first-order chi connectivity index (χ1) is 21.3. The molecule has 6 nitrogen and oxygen atoms in total. The largest absolute Gasteiger partial charge is 0.446 e. The summed E-state index contributed by atoms with van der Waals surface area (Å²) >= 11 is 0. The van der Waals surface area contributed by atoms with Gasteiger partial charge in [0.25, 0.3) is 0 Å². The van der Waals surface area contributed by atoms with Gasteiger partial charge >= 0.3 is 6.09 Å². The maximum absolute atomic E-state index is 12.6.